The van der Waals surface area contributed by atoms with Gasteiger partial charge in [-0.15, -0.1) is 0 Å². The summed E-state index contributed by atoms with van der Waals surface area (Å²) in [6.07, 6.45) is 0. The average Bonchev–Trinajstić information content (AvgIpc) is 2.30. The zero-order valence-electron chi connectivity index (χ0n) is 9.83. The Kier molecular flexibility index (Phi) is 3.25. The van der Waals surface area contributed by atoms with Crippen LogP contribution < -0.4 is 10.5 Å². The van der Waals surface area contributed by atoms with Gasteiger partial charge < -0.3 is 10.5 Å². The van der Waals surface area contributed by atoms with Crippen LogP contribution in [0.4, 0.5) is 5.69 Å². The molecule has 0 aliphatic heterocycles. The lowest BCUT2D eigenvalue weighted by Crippen LogP contribution is -1.94. The second-order valence-electron chi connectivity index (χ2n) is 4.00. The smallest absolute Gasteiger partial charge is 0.150 e. The van der Waals surface area contributed by atoms with Gasteiger partial charge in [-0.1, -0.05) is 23.7 Å². The van der Waals surface area contributed by atoms with E-state index in [0.29, 0.717) is 11.4 Å². The molecular weight excluding hydrogens is 234 g/mol. The number of para-hydroxylation sites is 1. The summed E-state index contributed by atoms with van der Waals surface area (Å²) in [5.41, 5.74) is 8.60. The van der Waals surface area contributed by atoms with Gasteiger partial charge in [0.25, 0.3) is 0 Å². The van der Waals surface area contributed by atoms with Gasteiger partial charge in [0.15, 0.2) is 5.75 Å². The Morgan fingerprint density at radius 3 is 2.53 bits per heavy atom. The minimum absolute atomic E-state index is 0.667. The fourth-order valence-corrected chi connectivity index (χ4v) is 1.67. The van der Waals surface area contributed by atoms with E-state index in [-0.39, 0.29) is 0 Å². The molecule has 0 radical (unpaired) electrons. The number of anilines is 1. The molecule has 0 unspecified atom stereocenters. The van der Waals surface area contributed by atoms with Crippen molar-refractivity contribution in [1.29, 1.82) is 0 Å². The Morgan fingerprint density at radius 2 is 1.82 bits per heavy atom. The van der Waals surface area contributed by atoms with Gasteiger partial charge in [0.2, 0.25) is 0 Å². The molecule has 0 spiro atoms. The predicted molar refractivity (Wildman–Crippen MR) is 71.9 cm³/mol. The number of rotatable bonds is 2. The lowest BCUT2D eigenvalue weighted by molar-refractivity contribution is 0.484. The molecule has 0 aromatic heterocycles. The highest BCUT2D eigenvalue weighted by Crippen LogP contribution is 2.31. The van der Waals surface area contributed by atoms with Crippen LogP contribution in [0.25, 0.3) is 0 Å². The highest BCUT2D eigenvalue weighted by molar-refractivity contribution is 6.31. The second-order valence-corrected chi connectivity index (χ2v) is 4.41. The van der Waals surface area contributed by atoms with E-state index in [2.05, 4.69) is 0 Å². The van der Waals surface area contributed by atoms with E-state index in [0.717, 1.165) is 21.9 Å². The molecule has 0 fully saturated rings. The molecular formula is C14H14ClNO. The summed E-state index contributed by atoms with van der Waals surface area (Å²) in [4.78, 5) is 0. The highest BCUT2D eigenvalue weighted by atomic mass is 35.5. The molecule has 0 heterocycles. The normalized spacial score (nSPS) is 10.3. The first-order valence-electron chi connectivity index (χ1n) is 5.37. The summed E-state index contributed by atoms with van der Waals surface area (Å²) in [6.45, 7) is 3.89. The zero-order chi connectivity index (χ0) is 12.4. The van der Waals surface area contributed by atoms with E-state index in [1.165, 1.54) is 0 Å². The van der Waals surface area contributed by atoms with Crippen molar-refractivity contribution in [3.8, 4) is 11.5 Å². The van der Waals surface area contributed by atoms with Gasteiger partial charge in [-0.05, 0) is 49.2 Å². The Bertz CT molecular complexity index is 552. The number of hydrogen-bond donors (Lipinski definition) is 1. The number of hydrogen-bond acceptors (Lipinski definition) is 2. The quantitative estimate of drug-likeness (QED) is 0.802. The first-order valence-corrected chi connectivity index (χ1v) is 5.75. The van der Waals surface area contributed by atoms with Crippen molar-refractivity contribution in [2.45, 2.75) is 13.8 Å². The van der Waals surface area contributed by atoms with Crippen LogP contribution in [0.2, 0.25) is 5.02 Å². The minimum atomic E-state index is 0.667. The summed E-state index contributed by atoms with van der Waals surface area (Å²) < 4.78 is 5.74. The fraction of sp³-hybridized carbons (Fsp3) is 0.143. The Hall–Kier alpha value is -1.67. The van der Waals surface area contributed by atoms with Crippen LogP contribution >= 0.6 is 11.6 Å². The standard InChI is InChI=1S/C14H14ClNO/c1-9-4-3-5-13(14(9)16)17-11-6-7-12(15)10(2)8-11/h3-8H,16H2,1-2H3. The lowest BCUT2D eigenvalue weighted by atomic mass is 10.2. The largest absolute Gasteiger partial charge is 0.455 e. The van der Waals surface area contributed by atoms with E-state index in [1.807, 2.05) is 50.2 Å². The monoisotopic (exact) mass is 247 g/mol. The molecule has 0 bridgehead atoms. The van der Waals surface area contributed by atoms with E-state index in [9.17, 15) is 0 Å². The molecule has 0 amide bonds. The van der Waals surface area contributed by atoms with Crippen LogP contribution in [0.5, 0.6) is 11.5 Å². The summed E-state index contributed by atoms with van der Waals surface area (Å²) >= 11 is 5.96. The molecule has 0 saturated carbocycles. The first-order chi connectivity index (χ1) is 8.08. The molecule has 0 aliphatic rings. The minimum Gasteiger partial charge on any atom is -0.455 e. The number of halogens is 1. The molecule has 2 aromatic carbocycles. The maximum atomic E-state index is 5.96. The van der Waals surface area contributed by atoms with E-state index in [4.69, 9.17) is 22.1 Å². The molecule has 0 saturated heterocycles. The maximum absolute atomic E-state index is 5.96. The molecule has 2 N–H and O–H groups in total. The number of benzene rings is 2. The van der Waals surface area contributed by atoms with Crippen LogP contribution in [-0.2, 0) is 0 Å². The third-order valence-corrected chi connectivity index (χ3v) is 3.07. The van der Waals surface area contributed by atoms with Crippen molar-refractivity contribution in [1.82, 2.24) is 0 Å². The van der Waals surface area contributed by atoms with Gasteiger partial charge in [0.1, 0.15) is 5.75 Å². The van der Waals surface area contributed by atoms with Crippen LogP contribution in [0.15, 0.2) is 36.4 Å². The van der Waals surface area contributed by atoms with Gasteiger partial charge >= 0.3 is 0 Å². The topological polar surface area (TPSA) is 35.2 Å². The van der Waals surface area contributed by atoms with Crippen LogP contribution in [0.3, 0.4) is 0 Å². The molecule has 3 heteroatoms. The number of nitrogens with two attached hydrogens (primary N) is 1. The summed E-state index contributed by atoms with van der Waals surface area (Å²) in [7, 11) is 0. The van der Waals surface area contributed by atoms with Crippen LogP contribution in [0, 0.1) is 13.8 Å². The lowest BCUT2D eigenvalue weighted by Gasteiger charge is -2.11. The third-order valence-electron chi connectivity index (χ3n) is 2.64. The van der Waals surface area contributed by atoms with Crippen molar-refractivity contribution in [3.63, 3.8) is 0 Å². The zero-order valence-corrected chi connectivity index (χ0v) is 10.6. The maximum Gasteiger partial charge on any atom is 0.150 e. The van der Waals surface area contributed by atoms with Crippen molar-refractivity contribution < 1.29 is 4.74 Å². The molecule has 2 nitrogen and oxygen atoms in total. The summed E-state index contributed by atoms with van der Waals surface area (Å²) in [5, 5.41) is 0.731. The molecule has 2 aromatic rings. The van der Waals surface area contributed by atoms with Gasteiger partial charge in [0.05, 0.1) is 5.69 Å². The second kappa shape index (κ2) is 4.68. The van der Waals surface area contributed by atoms with E-state index < -0.39 is 0 Å². The van der Waals surface area contributed by atoms with Crippen molar-refractivity contribution in [3.05, 3.63) is 52.5 Å². The number of aryl methyl sites for hydroxylation is 2. The first kappa shape index (κ1) is 11.8. The number of nitrogen functional groups attached to an aromatic ring is 1. The molecule has 0 aliphatic carbocycles. The van der Waals surface area contributed by atoms with Gasteiger partial charge in [0, 0.05) is 5.02 Å². The van der Waals surface area contributed by atoms with Crippen LogP contribution in [-0.4, -0.2) is 0 Å². The molecule has 88 valence electrons. The summed E-state index contributed by atoms with van der Waals surface area (Å²) in [6, 6.07) is 11.3. The SMILES string of the molecule is Cc1cc(Oc2cccc(C)c2N)ccc1Cl. The summed E-state index contributed by atoms with van der Waals surface area (Å²) in [5.74, 6) is 1.41. The average molecular weight is 248 g/mol. The van der Waals surface area contributed by atoms with Gasteiger partial charge in [-0.25, -0.2) is 0 Å². The van der Waals surface area contributed by atoms with Crippen molar-refractivity contribution >= 4 is 17.3 Å². The molecule has 0 atom stereocenters. The Morgan fingerprint density at radius 1 is 1.06 bits per heavy atom. The molecule has 2 rings (SSSR count). The third kappa shape index (κ3) is 2.53. The van der Waals surface area contributed by atoms with Gasteiger partial charge in [-0.3, -0.25) is 0 Å². The highest BCUT2D eigenvalue weighted by Gasteiger charge is 2.05. The van der Waals surface area contributed by atoms with E-state index in [1.54, 1.807) is 0 Å². The number of ether oxygens (including phenoxy) is 1. The van der Waals surface area contributed by atoms with Crippen LogP contribution in [0.1, 0.15) is 11.1 Å². The van der Waals surface area contributed by atoms with Gasteiger partial charge in [-0.2, -0.15) is 0 Å². The van der Waals surface area contributed by atoms with Crippen molar-refractivity contribution in [2.24, 2.45) is 0 Å². The Balaban J connectivity index is 2.31. The molecule has 17 heavy (non-hydrogen) atoms. The fourth-order valence-electron chi connectivity index (χ4n) is 1.55. The Labute approximate surface area is 106 Å². The van der Waals surface area contributed by atoms with Crippen molar-refractivity contribution in [2.75, 3.05) is 5.73 Å². The van der Waals surface area contributed by atoms with E-state index >= 15 is 0 Å². The predicted octanol–water partition coefficient (Wildman–Crippen LogP) is 4.33.